The number of hydrazone groups is 1. The maximum absolute atomic E-state index is 6.44. The molecular formula is C25H24ClN3O2. The highest BCUT2D eigenvalue weighted by Gasteiger charge is 2.41. The van der Waals surface area contributed by atoms with Crippen LogP contribution >= 0.6 is 11.6 Å². The summed E-state index contributed by atoms with van der Waals surface area (Å²) in [5.41, 5.74) is 5.33. The molecule has 5 rings (SSSR count). The maximum Gasteiger partial charge on any atom is 0.213 e. The monoisotopic (exact) mass is 433 g/mol. The summed E-state index contributed by atoms with van der Waals surface area (Å²) in [7, 11) is 5.75. The Bertz CT molecular complexity index is 1140. The van der Waals surface area contributed by atoms with Gasteiger partial charge < -0.3 is 14.4 Å². The molecule has 0 fully saturated rings. The summed E-state index contributed by atoms with van der Waals surface area (Å²) in [6.07, 6.45) is 0.467. The van der Waals surface area contributed by atoms with Gasteiger partial charge in [0.2, 0.25) is 6.23 Å². The van der Waals surface area contributed by atoms with Gasteiger partial charge in [-0.1, -0.05) is 35.9 Å². The first-order chi connectivity index (χ1) is 15.0. The average molecular weight is 434 g/mol. The normalized spacial score (nSPS) is 19.2. The van der Waals surface area contributed by atoms with E-state index >= 15 is 0 Å². The summed E-state index contributed by atoms with van der Waals surface area (Å²) >= 11 is 6.33. The molecule has 2 aliphatic rings. The van der Waals surface area contributed by atoms with E-state index in [2.05, 4.69) is 40.2 Å². The van der Waals surface area contributed by atoms with Crippen LogP contribution in [0.4, 0.5) is 5.69 Å². The molecule has 0 radical (unpaired) electrons. The minimum atomic E-state index is -0.307. The highest BCUT2D eigenvalue weighted by atomic mass is 35.5. The van der Waals surface area contributed by atoms with Crippen molar-refractivity contribution in [3.05, 3.63) is 88.4 Å². The van der Waals surface area contributed by atoms with Gasteiger partial charge in [-0.15, -0.1) is 0 Å². The predicted molar refractivity (Wildman–Crippen MR) is 124 cm³/mol. The van der Waals surface area contributed by atoms with Crippen LogP contribution in [0, 0.1) is 0 Å². The van der Waals surface area contributed by atoms with Crippen LogP contribution in [0.5, 0.6) is 11.5 Å². The number of hydrogen-bond donors (Lipinski definition) is 0. The van der Waals surface area contributed by atoms with Crippen LogP contribution in [-0.4, -0.2) is 31.9 Å². The molecule has 0 unspecified atom stereocenters. The Morgan fingerprint density at radius 1 is 1.06 bits per heavy atom. The van der Waals surface area contributed by atoms with Gasteiger partial charge >= 0.3 is 0 Å². The van der Waals surface area contributed by atoms with Crippen LogP contribution in [0.3, 0.4) is 0 Å². The molecule has 158 valence electrons. The van der Waals surface area contributed by atoms with Gasteiger partial charge in [-0.2, -0.15) is 5.10 Å². The minimum absolute atomic E-state index is 0.0576. The van der Waals surface area contributed by atoms with Crippen LogP contribution in [0.15, 0.2) is 71.8 Å². The molecule has 0 N–H and O–H groups in total. The number of benzene rings is 3. The first kappa shape index (κ1) is 19.8. The molecule has 0 aliphatic carbocycles. The lowest BCUT2D eigenvalue weighted by molar-refractivity contribution is -0.0190. The Morgan fingerprint density at radius 3 is 2.61 bits per heavy atom. The van der Waals surface area contributed by atoms with Crippen LogP contribution < -0.4 is 14.4 Å². The molecule has 6 heteroatoms. The van der Waals surface area contributed by atoms with Gasteiger partial charge in [0.15, 0.2) is 0 Å². The van der Waals surface area contributed by atoms with Crippen molar-refractivity contribution in [2.75, 3.05) is 26.1 Å². The maximum atomic E-state index is 6.44. The number of fused-ring (bicyclic) bond motifs is 3. The zero-order valence-corrected chi connectivity index (χ0v) is 18.5. The molecular weight excluding hydrogens is 410 g/mol. The summed E-state index contributed by atoms with van der Waals surface area (Å²) in [6.45, 7) is 0. The van der Waals surface area contributed by atoms with E-state index in [9.17, 15) is 0 Å². The third-order valence-corrected chi connectivity index (χ3v) is 6.08. The van der Waals surface area contributed by atoms with Crippen molar-refractivity contribution in [1.82, 2.24) is 5.01 Å². The average Bonchev–Trinajstić information content (AvgIpc) is 3.25. The predicted octanol–water partition coefficient (Wildman–Crippen LogP) is 5.66. The van der Waals surface area contributed by atoms with Gasteiger partial charge in [0, 0.05) is 47.9 Å². The zero-order chi connectivity index (χ0) is 21.5. The van der Waals surface area contributed by atoms with Crippen molar-refractivity contribution in [3.8, 4) is 11.5 Å². The molecule has 0 spiro atoms. The summed E-state index contributed by atoms with van der Waals surface area (Å²) < 4.78 is 11.8. The lowest BCUT2D eigenvalue weighted by Crippen LogP contribution is -2.33. The van der Waals surface area contributed by atoms with Crippen LogP contribution in [0.1, 0.15) is 35.4 Å². The van der Waals surface area contributed by atoms with E-state index < -0.39 is 0 Å². The number of anilines is 1. The third kappa shape index (κ3) is 3.59. The fraction of sp³-hybridized carbons (Fsp3) is 0.240. The largest absolute Gasteiger partial charge is 0.497 e. The van der Waals surface area contributed by atoms with E-state index in [4.69, 9.17) is 26.2 Å². The van der Waals surface area contributed by atoms with Crippen LogP contribution in [0.2, 0.25) is 5.02 Å². The van der Waals surface area contributed by atoms with Gasteiger partial charge in [0.1, 0.15) is 11.5 Å². The molecule has 0 bridgehead atoms. The first-order valence-corrected chi connectivity index (χ1v) is 10.6. The molecule has 2 heterocycles. The van der Waals surface area contributed by atoms with Crippen molar-refractivity contribution in [1.29, 1.82) is 0 Å². The van der Waals surface area contributed by atoms with Crippen molar-refractivity contribution < 1.29 is 9.47 Å². The second kappa shape index (κ2) is 7.82. The standard InChI is InChI=1S/C25H24ClN3O2/c1-28(2)19-10-7-16(8-11-19)25-29-23(21-14-18(26)9-12-24(21)31-25)15-22(27-29)17-5-4-6-20(13-17)30-3/h4-14,23,25H,15H2,1-3H3/t23-,25+/m1/s1. The minimum Gasteiger partial charge on any atom is -0.497 e. The number of nitrogens with zero attached hydrogens (tertiary/aromatic N) is 3. The second-order valence-electron chi connectivity index (χ2n) is 8.02. The first-order valence-electron chi connectivity index (χ1n) is 10.3. The lowest BCUT2D eigenvalue weighted by Gasteiger charge is -2.38. The van der Waals surface area contributed by atoms with E-state index in [-0.39, 0.29) is 12.3 Å². The Labute approximate surface area is 187 Å². The van der Waals surface area contributed by atoms with Crippen molar-refractivity contribution in [2.24, 2.45) is 5.10 Å². The molecule has 5 nitrogen and oxygen atoms in total. The molecule has 0 amide bonds. The number of methoxy groups -OCH3 is 1. The van der Waals surface area contributed by atoms with Crippen LogP contribution in [0.25, 0.3) is 0 Å². The van der Waals surface area contributed by atoms with E-state index in [0.29, 0.717) is 5.02 Å². The fourth-order valence-electron chi connectivity index (χ4n) is 4.19. The SMILES string of the molecule is COc1cccc(C2=NN3[C@H](C2)c2cc(Cl)ccc2O[C@H]3c2ccc(N(C)C)cc2)c1. The lowest BCUT2D eigenvalue weighted by atomic mass is 9.96. The smallest absolute Gasteiger partial charge is 0.213 e. The highest BCUT2D eigenvalue weighted by Crippen LogP contribution is 2.48. The van der Waals surface area contributed by atoms with Gasteiger partial charge in [0.25, 0.3) is 0 Å². The fourth-order valence-corrected chi connectivity index (χ4v) is 4.37. The summed E-state index contributed by atoms with van der Waals surface area (Å²) in [4.78, 5) is 2.08. The van der Waals surface area contributed by atoms with E-state index in [1.807, 2.05) is 50.5 Å². The molecule has 2 atom stereocenters. The Balaban J connectivity index is 1.57. The molecule has 3 aromatic carbocycles. The molecule has 0 aromatic heterocycles. The third-order valence-electron chi connectivity index (χ3n) is 5.85. The molecule has 3 aromatic rings. The Morgan fingerprint density at radius 2 is 1.87 bits per heavy atom. The molecule has 0 saturated carbocycles. The Kier molecular flexibility index (Phi) is 4.98. The number of hydrogen-bond acceptors (Lipinski definition) is 5. The van der Waals surface area contributed by atoms with Crippen LogP contribution in [-0.2, 0) is 0 Å². The van der Waals surface area contributed by atoms with E-state index in [1.54, 1.807) is 7.11 Å². The van der Waals surface area contributed by atoms with Gasteiger partial charge in [-0.05, 0) is 42.5 Å². The number of rotatable bonds is 4. The van der Waals surface area contributed by atoms with Gasteiger partial charge in [0.05, 0.1) is 18.9 Å². The van der Waals surface area contributed by atoms with Crippen molar-refractivity contribution >= 4 is 23.0 Å². The van der Waals surface area contributed by atoms with E-state index in [0.717, 1.165) is 46.0 Å². The topological polar surface area (TPSA) is 37.3 Å². The van der Waals surface area contributed by atoms with Crippen molar-refractivity contribution in [3.63, 3.8) is 0 Å². The van der Waals surface area contributed by atoms with Gasteiger partial charge in [-0.3, -0.25) is 0 Å². The highest BCUT2D eigenvalue weighted by molar-refractivity contribution is 6.30. The van der Waals surface area contributed by atoms with Crippen molar-refractivity contribution in [2.45, 2.75) is 18.7 Å². The summed E-state index contributed by atoms with van der Waals surface area (Å²) in [5, 5.41) is 7.78. The van der Waals surface area contributed by atoms with E-state index in [1.165, 1.54) is 0 Å². The number of halogens is 1. The Hall–Kier alpha value is -3.18. The summed E-state index contributed by atoms with van der Waals surface area (Å²) in [5.74, 6) is 1.68. The molecule has 0 saturated heterocycles. The molecule has 2 aliphatic heterocycles. The zero-order valence-electron chi connectivity index (χ0n) is 17.7. The molecule has 31 heavy (non-hydrogen) atoms. The number of ether oxygens (including phenoxy) is 2. The quantitative estimate of drug-likeness (QED) is 0.532. The second-order valence-corrected chi connectivity index (χ2v) is 8.45. The summed E-state index contributed by atoms with van der Waals surface area (Å²) in [6, 6.07) is 22.3. The van der Waals surface area contributed by atoms with Gasteiger partial charge in [-0.25, -0.2) is 5.01 Å².